The number of hydrogen-bond donors (Lipinski definition) is 2. The molecule has 0 saturated heterocycles. The van der Waals surface area contributed by atoms with Gasteiger partial charge < -0.3 is 10.2 Å². The maximum atomic E-state index is 10.9. The van der Waals surface area contributed by atoms with Gasteiger partial charge in [-0.05, 0) is 25.7 Å². The molecule has 0 heterocycles. The minimum atomic E-state index is -0.793. The largest absolute Gasteiger partial charge is 0.481 e. The lowest BCUT2D eigenvalue weighted by Crippen LogP contribution is -2.32. The Morgan fingerprint density at radius 1 is 1.29 bits per heavy atom. The van der Waals surface area contributed by atoms with E-state index in [4.69, 9.17) is 5.11 Å². The highest BCUT2D eigenvalue weighted by atomic mass is 16.4. The fourth-order valence-electron chi connectivity index (χ4n) is 1.66. The fraction of sp³-hybridized carbons (Fsp3) is 0.909. The van der Waals surface area contributed by atoms with Gasteiger partial charge >= 0.3 is 5.97 Å². The Morgan fingerprint density at radius 3 is 2.07 bits per heavy atom. The molecule has 0 aromatic heterocycles. The second-order valence-electron chi connectivity index (χ2n) is 3.96. The average molecular weight is 202 g/mol. The Kier molecular flexibility index (Phi) is 5.77. The maximum absolute atomic E-state index is 10.9. The highest BCUT2D eigenvalue weighted by Gasteiger charge is 2.29. The molecule has 0 bridgehead atoms. The average Bonchev–Trinajstić information content (AvgIpc) is 2.17. The van der Waals surface area contributed by atoms with Crippen LogP contribution in [0.5, 0.6) is 0 Å². The van der Waals surface area contributed by atoms with Crippen LogP contribution >= 0.6 is 0 Å². The minimum absolute atomic E-state index is 0.378. The molecule has 0 saturated carbocycles. The monoisotopic (exact) mass is 202 g/mol. The molecule has 0 spiro atoms. The van der Waals surface area contributed by atoms with Crippen molar-refractivity contribution >= 4 is 5.97 Å². The van der Waals surface area contributed by atoms with E-state index in [-0.39, 0.29) is 0 Å². The Morgan fingerprint density at radius 2 is 1.79 bits per heavy atom. The number of carboxylic acids is 1. The van der Waals surface area contributed by atoms with Gasteiger partial charge in [0.05, 0.1) is 11.5 Å². The Bertz CT molecular complexity index is 173. The summed E-state index contributed by atoms with van der Waals surface area (Å²) in [5, 5.41) is 19.0. The van der Waals surface area contributed by atoms with Crippen molar-refractivity contribution in [2.75, 3.05) is 0 Å². The zero-order chi connectivity index (χ0) is 11.2. The fourth-order valence-corrected chi connectivity index (χ4v) is 1.66. The van der Waals surface area contributed by atoms with Gasteiger partial charge in [0.2, 0.25) is 0 Å². The summed E-state index contributed by atoms with van der Waals surface area (Å²) < 4.78 is 0. The summed E-state index contributed by atoms with van der Waals surface area (Å²) in [5.41, 5.74) is -0.793. The first kappa shape index (κ1) is 13.4. The first-order chi connectivity index (χ1) is 6.49. The lowest BCUT2D eigenvalue weighted by Gasteiger charge is -2.28. The first-order valence-corrected chi connectivity index (χ1v) is 5.44. The van der Waals surface area contributed by atoms with E-state index in [1.54, 1.807) is 0 Å². The van der Waals surface area contributed by atoms with E-state index in [9.17, 15) is 9.90 Å². The van der Waals surface area contributed by atoms with E-state index in [0.29, 0.717) is 25.7 Å². The van der Waals surface area contributed by atoms with Crippen LogP contribution in [0, 0.1) is 5.92 Å². The lowest BCUT2D eigenvalue weighted by atomic mass is 9.84. The summed E-state index contributed by atoms with van der Waals surface area (Å²) in [6.07, 6.45) is 3.12. The Labute approximate surface area is 86.1 Å². The molecular formula is C11H22O3. The van der Waals surface area contributed by atoms with Gasteiger partial charge in [-0.3, -0.25) is 4.79 Å². The van der Waals surface area contributed by atoms with Crippen molar-refractivity contribution < 1.29 is 15.0 Å². The summed E-state index contributed by atoms with van der Waals surface area (Å²) >= 11 is 0. The van der Waals surface area contributed by atoms with Crippen LogP contribution in [-0.2, 0) is 4.79 Å². The van der Waals surface area contributed by atoms with E-state index < -0.39 is 17.5 Å². The summed E-state index contributed by atoms with van der Waals surface area (Å²) in [6.45, 7) is 5.76. The number of hydrogen-bond acceptors (Lipinski definition) is 2. The molecule has 0 amide bonds. The highest BCUT2D eigenvalue weighted by Crippen LogP contribution is 2.26. The van der Waals surface area contributed by atoms with Crippen LogP contribution in [0.3, 0.4) is 0 Å². The molecule has 0 aliphatic rings. The van der Waals surface area contributed by atoms with Crippen molar-refractivity contribution in [2.24, 2.45) is 5.92 Å². The van der Waals surface area contributed by atoms with E-state index >= 15 is 0 Å². The van der Waals surface area contributed by atoms with Crippen LogP contribution < -0.4 is 0 Å². The second-order valence-corrected chi connectivity index (χ2v) is 3.96. The van der Waals surface area contributed by atoms with Crippen LogP contribution in [0.25, 0.3) is 0 Å². The van der Waals surface area contributed by atoms with E-state index in [2.05, 4.69) is 0 Å². The van der Waals surface area contributed by atoms with Crippen molar-refractivity contribution in [2.45, 2.75) is 58.5 Å². The molecule has 3 nitrogen and oxygen atoms in total. The highest BCUT2D eigenvalue weighted by molar-refractivity contribution is 5.70. The quantitative estimate of drug-likeness (QED) is 0.666. The van der Waals surface area contributed by atoms with Crippen molar-refractivity contribution in [3.63, 3.8) is 0 Å². The van der Waals surface area contributed by atoms with Crippen molar-refractivity contribution in [3.8, 4) is 0 Å². The summed E-state index contributed by atoms with van der Waals surface area (Å²) in [4.78, 5) is 10.9. The second kappa shape index (κ2) is 6.02. The van der Waals surface area contributed by atoms with Crippen LogP contribution in [0.1, 0.15) is 52.9 Å². The molecule has 0 aromatic rings. The predicted octanol–water partition coefficient (Wildman–Crippen LogP) is 2.43. The molecule has 0 rings (SSSR count). The van der Waals surface area contributed by atoms with Crippen LogP contribution in [0.15, 0.2) is 0 Å². The van der Waals surface area contributed by atoms with Gasteiger partial charge in [-0.1, -0.05) is 27.2 Å². The molecule has 0 aliphatic heterocycles. The van der Waals surface area contributed by atoms with E-state index in [0.717, 1.165) is 6.42 Å². The standard InChI is InChI=1S/C11H22O3/c1-4-7-9(10(12)13)8-11(14,5-2)6-3/h9,14H,4-8H2,1-3H3,(H,12,13). The molecular weight excluding hydrogens is 180 g/mol. The summed E-state index contributed by atoms with van der Waals surface area (Å²) in [5.74, 6) is -1.18. The lowest BCUT2D eigenvalue weighted by molar-refractivity contribution is -0.144. The van der Waals surface area contributed by atoms with Gasteiger partial charge in [0.15, 0.2) is 0 Å². The van der Waals surface area contributed by atoms with Gasteiger partial charge in [-0.2, -0.15) is 0 Å². The molecule has 0 fully saturated rings. The molecule has 1 unspecified atom stereocenters. The Hall–Kier alpha value is -0.570. The van der Waals surface area contributed by atoms with Gasteiger partial charge in [-0.15, -0.1) is 0 Å². The molecule has 0 aromatic carbocycles. The predicted molar refractivity (Wildman–Crippen MR) is 56.2 cm³/mol. The van der Waals surface area contributed by atoms with Gasteiger partial charge in [0, 0.05) is 0 Å². The van der Waals surface area contributed by atoms with Gasteiger partial charge in [0.25, 0.3) is 0 Å². The van der Waals surface area contributed by atoms with E-state index in [1.165, 1.54) is 0 Å². The summed E-state index contributed by atoms with van der Waals surface area (Å²) in [6, 6.07) is 0. The number of carboxylic acid groups (broad SMARTS) is 1. The van der Waals surface area contributed by atoms with Crippen LogP contribution in [0.2, 0.25) is 0 Å². The first-order valence-electron chi connectivity index (χ1n) is 5.44. The molecule has 14 heavy (non-hydrogen) atoms. The number of carbonyl (C=O) groups is 1. The van der Waals surface area contributed by atoms with Crippen molar-refractivity contribution in [1.82, 2.24) is 0 Å². The third kappa shape index (κ3) is 4.09. The topological polar surface area (TPSA) is 57.5 Å². The number of aliphatic hydroxyl groups is 1. The third-order valence-corrected chi connectivity index (χ3v) is 2.93. The third-order valence-electron chi connectivity index (χ3n) is 2.93. The molecule has 0 aliphatic carbocycles. The molecule has 84 valence electrons. The van der Waals surface area contributed by atoms with Crippen LogP contribution in [0.4, 0.5) is 0 Å². The van der Waals surface area contributed by atoms with Gasteiger partial charge in [-0.25, -0.2) is 0 Å². The summed E-state index contributed by atoms with van der Waals surface area (Å²) in [7, 11) is 0. The SMILES string of the molecule is CCCC(CC(O)(CC)CC)C(=O)O. The molecule has 1 atom stereocenters. The zero-order valence-corrected chi connectivity index (χ0v) is 9.42. The molecule has 2 N–H and O–H groups in total. The van der Waals surface area contributed by atoms with E-state index in [1.807, 2.05) is 20.8 Å². The molecule has 0 radical (unpaired) electrons. The van der Waals surface area contributed by atoms with Crippen molar-refractivity contribution in [3.05, 3.63) is 0 Å². The van der Waals surface area contributed by atoms with Crippen LogP contribution in [-0.4, -0.2) is 21.8 Å². The zero-order valence-electron chi connectivity index (χ0n) is 9.42. The minimum Gasteiger partial charge on any atom is -0.481 e. The van der Waals surface area contributed by atoms with Crippen molar-refractivity contribution in [1.29, 1.82) is 0 Å². The smallest absolute Gasteiger partial charge is 0.306 e. The number of rotatable bonds is 7. The number of aliphatic carboxylic acids is 1. The Balaban J connectivity index is 4.33. The van der Waals surface area contributed by atoms with Gasteiger partial charge in [0.1, 0.15) is 0 Å². The maximum Gasteiger partial charge on any atom is 0.306 e. The molecule has 3 heteroatoms. The normalized spacial score (nSPS) is 14.0.